The summed E-state index contributed by atoms with van der Waals surface area (Å²) in [6.45, 7) is 4.64. The molecule has 0 saturated carbocycles. The van der Waals surface area contributed by atoms with Crippen molar-refractivity contribution in [3.63, 3.8) is 0 Å². The molecular weight excluding hydrogens is 382 g/mol. The number of sulfonamides is 1. The Balaban J connectivity index is 1.95. The van der Waals surface area contributed by atoms with E-state index < -0.39 is 10.0 Å². The summed E-state index contributed by atoms with van der Waals surface area (Å²) in [6, 6.07) is 22.0. The van der Waals surface area contributed by atoms with Crippen LogP contribution in [0.3, 0.4) is 0 Å². The van der Waals surface area contributed by atoms with Crippen molar-refractivity contribution in [3.8, 4) is 5.75 Å². The number of allylic oxidation sites excluding steroid dienone is 1. The summed E-state index contributed by atoms with van der Waals surface area (Å²) in [5, 5.41) is 0. The second-order valence-corrected chi connectivity index (χ2v) is 9.15. The maximum atomic E-state index is 11.6. The SMILES string of the molecule is C/C(=C1\c2ccccc2COc2cc(C)ccc21)c1cccc(NS(C)(=O)=O)c1. The van der Waals surface area contributed by atoms with Gasteiger partial charge in [-0.2, -0.15) is 0 Å². The number of fused-ring (bicyclic) bond motifs is 2. The van der Waals surface area contributed by atoms with Gasteiger partial charge < -0.3 is 4.74 Å². The van der Waals surface area contributed by atoms with Gasteiger partial charge in [0.1, 0.15) is 12.4 Å². The van der Waals surface area contributed by atoms with Gasteiger partial charge in [0.05, 0.1) is 6.26 Å². The smallest absolute Gasteiger partial charge is 0.229 e. The van der Waals surface area contributed by atoms with E-state index in [0.29, 0.717) is 12.3 Å². The largest absolute Gasteiger partial charge is 0.488 e. The zero-order valence-electron chi connectivity index (χ0n) is 16.7. The van der Waals surface area contributed by atoms with E-state index in [1.54, 1.807) is 6.07 Å². The number of aryl methyl sites for hydroxylation is 1. The van der Waals surface area contributed by atoms with Crippen molar-refractivity contribution in [1.82, 2.24) is 0 Å². The van der Waals surface area contributed by atoms with Gasteiger partial charge in [-0.1, -0.05) is 48.5 Å². The van der Waals surface area contributed by atoms with Crippen molar-refractivity contribution in [1.29, 1.82) is 0 Å². The van der Waals surface area contributed by atoms with Crippen molar-refractivity contribution in [2.45, 2.75) is 20.5 Å². The molecule has 1 N–H and O–H groups in total. The Morgan fingerprint density at radius 1 is 0.966 bits per heavy atom. The Kier molecular flexibility index (Phi) is 4.92. The number of anilines is 1. The Hall–Kier alpha value is -3.05. The van der Waals surface area contributed by atoms with Crippen LogP contribution in [0.15, 0.2) is 66.7 Å². The van der Waals surface area contributed by atoms with E-state index in [1.165, 1.54) is 0 Å². The van der Waals surface area contributed by atoms with E-state index in [9.17, 15) is 8.42 Å². The molecule has 0 amide bonds. The number of benzene rings is 3. The summed E-state index contributed by atoms with van der Waals surface area (Å²) in [5.74, 6) is 0.862. The minimum Gasteiger partial charge on any atom is -0.488 e. The normalized spacial score (nSPS) is 14.9. The first-order valence-electron chi connectivity index (χ1n) is 9.43. The maximum Gasteiger partial charge on any atom is 0.229 e. The molecule has 3 aromatic rings. The second-order valence-electron chi connectivity index (χ2n) is 7.40. The zero-order valence-corrected chi connectivity index (χ0v) is 17.5. The molecule has 0 saturated heterocycles. The van der Waals surface area contributed by atoms with Crippen LogP contribution in [-0.4, -0.2) is 14.7 Å². The van der Waals surface area contributed by atoms with Crippen LogP contribution in [0, 0.1) is 6.92 Å². The fourth-order valence-corrected chi connectivity index (χ4v) is 4.28. The third-order valence-electron chi connectivity index (χ3n) is 5.05. The Morgan fingerprint density at radius 2 is 1.76 bits per heavy atom. The van der Waals surface area contributed by atoms with Gasteiger partial charge in [0.25, 0.3) is 0 Å². The lowest BCUT2D eigenvalue weighted by atomic mass is 9.88. The van der Waals surface area contributed by atoms with Crippen LogP contribution in [0.2, 0.25) is 0 Å². The van der Waals surface area contributed by atoms with Crippen molar-refractivity contribution in [2.24, 2.45) is 0 Å². The summed E-state index contributed by atoms with van der Waals surface area (Å²) in [5.41, 5.74) is 8.11. The Morgan fingerprint density at radius 3 is 2.55 bits per heavy atom. The lowest BCUT2D eigenvalue weighted by Crippen LogP contribution is -2.09. The average molecular weight is 406 g/mol. The summed E-state index contributed by atoms with van der Waals surface area (Å²) in [7, 11) is -3.34. The highest BCUT2D eigenvalue weighted by atomic mass is 32.2. The highest BCUT2D eigenvalue weighted by Gasteiger charge is 2.21. The third kappa shape index (κ3) is 4.05. The monoisotopic (exact) mass is 405 g/mol. The van der Waals surface area contributed by atoms with Gasteiger partial charge in [-0.25, -0.2) is 8.42 Å². The first-order valence-corrected chi connectivity index (χ1v) is 11.3. The molecule has 0 atom stereocenters. The van der Waals surface area contributed by atoms with Crippen LogP contribution in [0.5, 0.6) is 5.75 Å². The van der Waals surface area contributed by atoms with Gasteiger partial charge in [0.15, 0.2) is 0 Å². The first kappa shape index (κ1) is 19.3. The third-order valence-corrected chi connectivity index (χ3v) is 5.66. The molecule has 0 spiro atoms. The van der Waals surface area contributed by atoms with E-state index >= 15 is 0 Å². The molecule has 1 heterocycles. The lowest BCUT2D eigenvalue weighted by Gasteiger charge is -2.16. The molecule has 5 heteroatoms. The average Bonchev–Trinajstić information content (AvgIpc) is 2.83. The molecule has 0 radical (unpaired) electrons. The first-order chi connectivity index (χ1) is 13.8. The molecule has 1 aliphatic heterocycles. The van der Waals surface area contributed by atoms with Gasteiger partial charge in [-0.3, -0.25) is 4.72 Å². The summed E-state index contributed by atoms with van der Waals surface area (Å²) >= 11 is 0. The number of nitrogens with one attached hydrogen (secondary N) is 1. The molecular formula is C24H23NO3S. The van der Waals surface area contributed by atoms with Gasteiger partial charge in [0.2, 0.25) is 10.0 Å². The van der Waals surface area contributed by atoms with Crippen molar-refractivity contribution < 1.29 is 13.2 Å². The second kappa shape index (κ2) is 7.41. The lowest BCUT2D eigenvalue weighted by molar-refractivity contribution is 0.307. The predicted molar refractivity (Wildman–Crippen MR) is 118 cm³/mol. The summed E-state index contributed by atoms with van der Waals surface area (Å²) in [4.78, 5) is 0. The van der Waals surface area contributed by atoms with E-state index in [1.807, 2.05) is 30.3 Å². The highest BCUT2D eigenvalue weighted by Crippen LogP contribution is 2.41. The molecule has 4 nitrogen and oxygen atoms in total. The quantitative estimate of drug-likeness (QED) is 0.648. The molecule has 0 unspecified atom stereocenters. The van der Waals surface area contributed by atoms with Crippen LogP contribution >= 0.6 is 0 Å². The number of hydrogen-bond donors (Lipinski definition) is 1. The maximum absolute atomic E-state index is 11.6. The number of hydrogen-bond acceptors (Lipinski definition) is 3. The molecule has 0 aliphatic carbocycles. The zero-order chi connectivity index (χ0) is 20.6. The number of rotatable bonds is 3. The predicted octanol–water partition coefficient (Wildman–Crippen LogP) is 5.24. The van der Waals surface area contributed by atoms with Crippen LogP contribution in [0.1, 0.15) is 34.7 Å². The molecule has 0 bridgehead atoms. The molecule has 4 rings (SSSR count). The van der Waals surface area contributed by atoms with Crippen LogP contribution in [0.4, 0.5) is 5.69 Å². The van der Waals surface area contributed by atoms with Gasteiger partial charge in [-0.15, -0.1) is 0 Å². The van der Waals surface area contributed by atoms with E-state index in [2.05, 4.69) is 48.9 Å². The molecule has 0 aromatic heterocycles. The Bertz CT molecular complexity index is 1230. The summed E-state index contributed by atoms with van der Waals surface area (Å²) in [6.07, 6.45) is 1.16. The summed E-state index contributed by atoms with van der Waals surface area (Å²) < 4.78 is 32.0. The van der Waals surface area contributed by atoms with Crippen molar-refractivity contribution in [3.05, 3.63) is 94.5 Å². The molecule has 0 fully saturated rings. The minimum atomic E-state index is -3.34. The van der Waals surface area contributed by atoms with E-state index in [-0.39, 0.29) is 0 Å². The van der Waals surface area contributed by atoms with Crippen LogP contribution in [-0.2, 0) is 16.6 Å². The van der Waals surface area contributed by atoms with Gasteiger partial charge in [-0.05, 0) is 65.4 Å². The number of ether oxygens (including phenoxy) is 1. The van der Waals surface area contributed by atoms with Crippen molar-refractivity contribution in [2.75, 3.05) is 11.0 Å². The highest BCUT2D eigenvalue weighted by molar-refractivity contribution is 7.92. The minimum absolute atomic E-state index is 0.513. The topological polar surface area (TPSA) is 55.4 Å². The van der Waals surface area contributed by atoms with Gasteiger partial charge >= 0.3 is 0 Å². The molecule has 3 aromatic carbocycles. The van der Waals surface area contributed by atoms with E-state index in [0.717, 1.165) is 51.0 Å². The standard InChI is InChI=1S/C24H23NO3S/c1-16-11-12-22-23(13-16)28-15-19-7-4-5-10-21(19)24(22)17(2)18-8-6-9-20(14-18)25-29(3,26)27/h4-14,25H,15H2,1-3H3/b24-17-. The Labute approximate surface area is 171 Å². The molecule has 29 heavy (non-hydrogen) atoms. The van der Waals surface area contributed by atoms with Crippen LogP contribution in [0.25, 0.3) is 11.1 Å². The van der Waals surface area contributed by atoms with E-state index in [4.69, 9.17) is 4.74 Å². The fraction of sp³-hybridized carbons (Fsp3) is 0.167. The molecule has 1 aliphatic rings. The van der Waals surface area contributed by atoms with Crippen molar-refractivity contribution >= 4 is 26.9 Å². The fourth-order valence-electron chi connectivity index (χ4n) is 3.72. The molecule has 148 valence electrons. The van der Waals surface area contributed by atoms with Crippen LogP contribution < -0.4 is 9.46 Å². The van der Waals surface area contributed by atoms with Gasteiger partial charge in [0, 0.05) is 11.3 Å².